The minimum atomic E-state index is -0.685. The number of phenolic OH excluding ortho intramolecular Hbond substituents is 1. The number of hydrogen-bond donors (Lipinski definition) is 3. The Labute approximate surface area is 144 Å². The Morgan fingerprint density at radius 3 is 2.60 bits per heavy atom. The molecule has 1 aromatic carbocycles. The Hall–Kier alpha value is -2.87. The summed E-state index contributed by atoms with van der Waals surface area (Å²) in [5.41, 5.74) is 0.992. The number of hydrogen-bond acceptors (Lipinski definition) is 7. The zero-order valence-corrected chi connectivity index (χ0v) is 14.3. The summed E-state index contributed by atoms with van der Waals surface area (Å²) in [6, 6.07) is 3.10. The molecular formula is C17H20N2O6. The van der Waals surface area contributed by atoms with Crippen LogP contribution in [0.15, 0.2) is 23.4 Å². The summed E-state index contributed by atoms with van der Waals surface area (Å²) in [5.74, 6) is -1.82. The average Bonchev–Trinajstić information content (AvgIpc) is 2.86. The van der Waals surface area contributed by atoms with Gasteiger partial charge < -0.3 is 25.2 Å². The summed E-state index contributed by atoms with van der Waals surface area (Å²) in [7, 11) is 1.20. The van der Waals surface area contributed by atoms with Crippen LogP contribution in [0, 0.1) is 6.92 Å². The number of ketones is 1. The molecule has 0 fully saturated rings. The van der Waals surface area contributed by atoms with Gasteiger partial charge in [-0.25, -0.2) is 4.79 Å². The van der Waals surface area contributed by atoms with Gasteiger partial charge in [0.15, 0.2) is 5.78 Å². The van der Waals surface area contributed by atoms with Crippen LogP contribution in [0.2, 0.25) is 0 Å². The van der Waals surface area contributed by atoms with E-state index in [4.69, 9.17) is 9.84 Å². The van der Waals surface area contributed by atoms with Crippen LogP contribution in [0.5, 0.6) is 5.75 Å². The maximum absolute atomic E-state index is 12.5. The number of nitrogens with zero attached hydrogens (tertiary/aromatic N) is 1. The number of anilines is 1. The second kappa shape index (κ2) is 7.35. The molecule has 134 valence electrons. The number of amides is 1. The molecule has 0 radical (unpaired) electrons. The lowest BCUT2D eigenvalue weighted by atomic mass is 10.1. The van der Waals surface area contributed by atoms with E-state index in [0.717, 1.165) is 0 Å². The number of carbonyl (C=O) groups is 3. The zero-order valence-electron chi connectivity index (χ0n) is 14.3. The van der Waals surface area contributed by atoms with Gasteiger partial charge in [0.1, 0.15) is 11.4 Å². The molecule has 1 aliphatic heterocycles. The van der Waals surface area contributed by atoms with Crippen molar-refractivity contribution in [1.82, 2.24) is 4.90 Å². The van der Waals surface area contributed by atoms with Crippen molar-refractivity contribution in [1.29, 1.82) is 0 Å². The van der Waals surface area contributed by atoms with Gasteiger partial charge in [-0.3, -0.25) is 9.59 Å². The number of rotatable bonds is 6. The third kappa shape index (κ3) is 3.63. The molecule has 0 unspecified atom stereocenters. The number of aromatic hydroxyl groups is 1. The predicted octanol–water partition coefficient (Wildman–Crippen LogP) is 0.577. The van der Waals surface area contributed by atoms with E-state index >= 15 is 0 Å². The fraction of sp³-hybridized carbons (Fsp3) is 0.353. The van der Waals surface area contributed by atoms with Crippen molar-refractivity contribution in [3.8, 4) is 5.75 Å². The number of benzene rings is 1. The van der Waals surface area contributed by atoms with Crippen LogP contribution in [0.1, 0.15) is 22.8 Å². The fourth-order valence-electron chi connectivity index (χ4n) is 2.63. The van der Waals surface area contributed by atoms with Gasteiger partial charge in [0, 0.05) is 6.54 Å². The lowest BCUT2D eigenvalue weighted by Crippen LogP contribution is -2.31. The van der Waals surface area contributed by atoms with E-state index in [-0.39, 0.29) is 53.8 Å². The largest absolute Gasteiger partial charge is 0.505 e. The summed E-state index contributed by atoms with van der Waals surface area (Å²) < 4.78 is 4.70. The van der Waals surface area contributed by atoms with Gasteiger partial charge in [-0.15, -0.1) is 0 Å². The Morgan fingerprint density at radius 2 is 2.04 bits per heavy atom. The minimum absolute atomic E-state index is 0.0134. The van der Waals surface area contributed by atoms with Gasteiger partial charge in [-0.1, -0.05) is 0 Å². The molecule has 1 aliphatic rings. The van der Waals surface area contributed by atoms with Crippen molar-refractivity contribution in [3.63, 3.8) is 0 Å². The highest BCUT2D eigenvalue weighted by molar-refractivity contribution is 6.09. The Bertz CT molecular complexity index is 769. The highest BCUT2D eigenvalue weighted by atomic mass is 16.5. The number of β-amino-alcohol motifs (C(OH)–C–C–N with tert-alkyl or cyclic N) is 1. The van der Waals surface area contributed by atoms with E-state index in [1.54, 1.807) is 13.0 Å². The van der Waals surface area contributed by atoms with Crippen LogP contribution in [0.25, 0.3) is 0 Å². The Balaban J connectivity index is 2.47. The van der Waals surface area contributed by atoms with E-state index in [1.807, 2.05) is 0 Å². The molecule has 1 aromatic rings. The van der Waals surface area contributed by atoms with Crippen LogP contribution in [0.3, 0.4) is 0 Å². The number of aryl methyl sites for hydroxylation is 1. The van der Waals surface area contributed by atoms with Crippen LogP contribution in [-0.2, 0) is 14.3 Å². The van der Waals surface area contributed by atoms with Crippen molar-refractivity contribution >= 4 is 23.3 Å². The van der Waals surface area contributed by atoms with Gasteiger partial charge in [-0.2, -0.15) is 0 Å². The van der Waals surface area contributed by atoms with Crippen molar-refractivity contribution in [2.24, 2.45) is 0 Å². The molecule has 2 rings (SSSR count). The average molecular weight is 348 g/mol. The van der Waals surface area contributed by atoms with Gasteiger partial charge in [0.05, 0.1) is 37.1 Å². The van der Waals surface area contributed by atoms with Crippen molar-refractivity contribution in [2.45, 2.75) is 13.8 Å². The first-order valence-corrected chi connectivity index (χ1v) is 7.63. The highest BCUT2D eigenvalue weighted by Gasteiger charge is 2.35. The maximum Gasteiger partial charge on any atom is 0.337 e. The van der Waals surface area contributed by atoms with Crippen LogP contribution in [0.4, 0.5) is 5.69 Å². The number of nitrogens with one attached hydrogen (secondary N) is 1. The molecule has 8 heteroatoms. The van der Waals surface area contributed by atoms with E-state index in [9.17, 15) is 19.5 Å². The van der Waals surface area contributed by atoms with E-state index in [2.05, 4.69) is 5.32 Å². The molecule has 1 heterocycles. The summed E-state index contributed by atoms with van der Waals surface area (Å²) in [6.45, 7) is 2.85. The molecule has 0 atom stereocenters. The number of ether oxygens (including phenoxy) is 1. The number of Topliss-reactive ketones (excluding diaryl/α,β-unsaturated/α-hetero) is 1. The quantitative estimate of drug-likeness (QED) is 0.391. The summed E-state index contributed by atoms with van der Waals surface area (Å²) in [6.07, 6.45) is 0. The minimum Gasteiger partial charge on any atom is -0.505 e. The predicted molar refractivity (Wildman–Crippen MR) is 89.2 cm³/mol. The molecule has 3 N–H and O–H groups in total. The summed E-state index contributed by atoms with van der Waals surface area (Å²) in [4.78, 5) is 37.4. The Morgan fingerprint density at radius 1 is 1.36 bits per heavy atom. The molecule has 0 aromatic heterocycles. The number of aliphatic hydroxyl groups excluding tert-OH is 1. The molecule has 0 bridgehead atoms. The first kappa shape index (κ1) is 18.5. The molecular weight excluding hydrogens is 328 g/mol. The van der Waals surface area contributed by atoms with Crippen molar-refractivity contribution in [2.75, 3.05) is 32.1 Å². The molecule has 1 amide bonds. The SMILES string of the molecule is COC(=O)C1=C(Nc2cc(C)cc(C(C)=O)c2O)C(=O)N(CCO)C1. The van der Waals surface area contributed by atoms with E-state index < -0.39 is 11.9 Å². The molecule has 0 saturated carbocycles. The standard InChI is InChI=1S/C17H20N2O6/c1-9-6-11(10(2)21)15(22)13(7-9)18-14-12(17(24)25-3)8-19(4-5-20)16(14)23/h6-7,18,20,22H,4-5,8H2,1-3H3. The number of carbonyl (C=O) groups excluding carboxylic acids is 3. The second-order valence-electron chi connectivity index (χ2n) is 5.69. The molecule has 0 saturated heterocycles. The van der Waals surface area contributed by atoms with Crippen LogP contribution >= 0.6 is 0 Å². The molecule has 8 nitrogen and oxygen atoms in total. The molecule has 0 aliphatic carbocycles. The Kier molecular flexibility index (Phi) is 5.43. The van der Waals surface area contributed by atoms with Gasteiger partial charge in [0.2, 0.25) is 0 Å². The third-order valence-electron chi connectivity index (χ3n) is 3.85. The fourth-order valence-corrected chi connectivity index (χ4v) is 2.63. The number of phenols is 1. The normalized spacial score (nSPS) is 14.1. The summed E-state index contributed by atoms with van der Waals surface area (Å²) >= 11 is 0. The van der Waals surface area contributed by atoms with Crippen LogP contribution in [-0.4, -0.2) is 59.6 Å². The lowest BCUT2D eigenvalue weighted by Gasteiger charge is -2.16. The van der Waals surface area contributed by atoms with E-state index in [1.165, 1.54) is 25.0 Å². The smallest absolute Gasteiger partial charge is 0.337 e. The van der Waals surface area contributed by atoms with E-state index in [0.29, 0.717) is 5.56 Å². The topological polar surface area (TPSA) is 116 Å². The van der Waals surface area contributed by atoms with Gasteiger partial charge in [-0.05, 0) is 31.5 Å². The number of esters is 1. The third-order valence-corrected chi connectivity index (χ3v) is 3.85. The van der Waals surface area contributed by atoms with Crippen molar-refractivity contribution in [3.05, 3.63) is 34.5 Å². The van der Waals surface area contributed by atoms with Crippen LogP contribution < -0.4 is 5.32 Å². The second-order valence-corrected chi connectivity index (χ2v) is 5.69. The highest BCUT2D eigenvalue weighted by Crippen LogP contribution is 2.32. The summed E-state index contributed by atoms with van der Waals surface area (Å²) in [5, 5.41) is 22.1. The van der Waals surface area contributed by atoms with Crippen molar-refractivity contribution < 1.29 is 29.3 Å². The maximum atomic E-state index is 12.5. The molecule has 0 spiro atoms. The number of methoxy groups -OCH3 is 1. The molecule has 25 heavy (non-hydrogen) atoms. The monoisotopic (exact) mass is 348 g/mol. The lowest BCUT2D eigenvalue weighted by molar-refractivity contribution is -0.136. The first-order valence-electron chi connectivity index (χ1n) is 7.63. The first-order chi connectivity index (χ1) is 11.8. The number of aliphatic hydroxyl groups is 1. The zero-order chi connectivity index (χ0) is 18.7. The van der Waals surface area contributed by atoms with Gasteiger partial charge in [0.25, 0.3) is 5.91 Å². The van der Waals surface area contributed by atoms with Gasteiger partial charge >= 0.3 is 5.97 Å².